The first kappa shape index (κ1) is 19.2. The average Bonchev–Trinajstić information content (AvgIpc) is 2.61. The first-order valence-corrected chi connectivity index (χ1v) is 8.62. The molecular weight excluding hydrogens is 322 g/mol. The molecule has 1 N–H and O–H groups in total. The molecule has 0 amide bonds. The molecule has 25 heavy (non-hydrogen) atoms. The van der Waals surface area contributed by atoms with Crippen molar-refractivity contribution >= 4 is 5.82 Å². The van der Waals surface area contributed by atoms with Crippen LogP contribution >= 0.6 is 0 Å². The number of nitriles is 1. The second-order valence-electron chi connectivity index (χ2n) is 6.85. The Bertz CT molecular complexity index is 753. The molecular formula is C17H27N5O3. The van der Waals surface area contributed by atoms with Gasteiger partial charge in [0, 0.05) is 39.8 Å². The Morgan fingerprint density at radius 3 is 2.40 bits per heavy atom. The molecule has 2 heterocycles. The van der Waals surface area contributed by atoms with Gasteiger partial charge < -0.3 is 10.1 Å². The van der Waals surface area contributed by atoms with E-state index < -0.39 is 11.2 Å². The molecule has 1 atom stereocenters. The molecule has 8 heteroatoms. The van der Waals surface area contributed by atoms with Crippen molar-refractivity contribution < 1.29 is 4.74 Å². The minimum Gasteiger partial charge on any atom is -0.379 e. The Kier molecular flexibility index (Phi) is 6.39. The maximum Gasteiger partial charge on any atom is 0.332 e. The molecule has 138 valence electrons. The van der Waals surface area contributed by atoms with Crippen molar-refractivity contribution in [1.82, 2.24) is 14.0 Å². The predicted molar refractivity (Wildman–Crippen MR) is 95.8 cm³/mol. The molecule has 0 aliphatic carbocycles. The van der Waals surface area contributed by atoms with Crippen LogP contribution in [0.1, 0.15) is 25.8 Å². The number of anilines is 1. The number of hydrogen-bond donors (Lipinski definition) is 1. The molecule has 0 saturated carbocycles. The second kappa shape index (κ2) is 8.32. The van der Waals surface area contributed by atoms with E-state index in [9.17, 15) is 14.9 Å². The molecule has 1 aromatic rings. The molecule has 0 aromatic carbocycles. The van der Waals surface area contributed by atoms with Gasteiger partial charge in [0.2, 0.25) is 0 Å². The SMILES string of the molecule is CC(C)CC(CNc1c(C#N)c(=O)n(C)c(=O)n1C)N1CCOCC1. The number of rotatable bonds is 6. The van der Waals surface area contributed by atoms with E-state index in [0.29, 0.717) is 25.7 Å². The van der Waals surface area contributed by atoms with E-state index in [0.717, 1.165) is 24.1 Å². The maximum atomic E-state index is 12.2. The molecule has 2 rings (SSSR count). The topological polar surface area (TPSA) is 92.3 Å². The summed E-state index contributed by atoms with van der Waals surface area (Å²) in [6, 6.07) is 2.17. The Hall–Kier alpha value is -2.11. The molecule has 1 aromatic heterocycles. The van der Waals surface area contributed by atoms with E-state index in [-0.39, 0.29) is 17.4 Å². The van der Waals surface area contributed by atoms with Crippen LogP contribution in [0, 0.1) is 17.2 Å². The van der Waals surface area contributed by atoms with E-state index in [1.54, 1.807) is 7.05 Å². The van der Waals surface area contributed by atoms with Crippen molar-refractivity contribution in [3.8, 4) is 6.07 Å². The van der Waals surface area contributed by atoms with Gasteiger partial charge in [-0.2, -0.15) is 5.26 Å². The molecule has 1 aliphatic rings. The Labute approximate surface area is 147 Å². The zero-order valence-electron chi connectivity index (χ0n) is 15.4. The monoisotopic (exact) mass is 349 g/mol. The summed E-state index contributed by atoms with van der Waals surface area (Å²) in [5.41, 5.74) is -1.05. The van der Waals surface area contributed by atoms with Crippen LogP contribution in [0.4, 0.5) is 5.82 Å². The van der Waals surface area contributed by atoms with Gasteiger partial charge in [-0.05, 0) is 12.3 Å². The third-order valence-electron chi connectivity index (χ3n) is 4.59. The van der Waals surface area contributed by atoms with Gasteiger partial charge in [0.25, 0.3) is 5.56 Å². The lowest BCUT2D eigenvalue weighted by atomic mass is 10.0. The smallest absolute Gasteiger partial charge is 0.332 e. The minimum atomic E-state index is -0.570. The molecule has 0 spiro atoms. The zero-order valence-corrected chi connectivity index (χ0v) is 15.4. The van der Waals surface area contributed by atoms with Gasteiger partial charge in [-0.1, -0.05) is 13.8 Å². The Morgan fingerprint density at radius 1 is 1.20 bits per heavy atom. The van der Waals surface area contributed by atoms with E-state index in [1.165, 1.54) is 11.6 Å². The third-order valence-corrected chi connectivity index (χ3v) is 4.59. The summed E-state index contributed by atoms with van der Waals surface area (Å²) in [5.74, 6) is 0.801. The fourth-order valence-corrected chi connectivity index (χ4v) is 3.21. The lowest BCUT2D eigenvalue weighted by Gasteiger charge is -2.35. The van der Waals surface area contributed by atoms with Gasteiger partial charge in [-0.25, -0.2) is 4.79 Å². The van der Waals surface area contributed by atoms with Crippen molar-refractivity contribution in [1.29, 1.82) is 5.26 Å². The highest BCUT2D eigenvalue weighted by Gasteiger charge is 2.23. The van der Waals surface area contributed by atoms with Crippen molar-refractivity contribution in [2.24, 2.45) is 20.0 Å². The van der Waals surface area contributed by atoms with E-state index in [2.05, 4.69) is 24.1 Å². The number of ether oxygens (including phenoxy) is 1. The second-order valence-corrected chi connectivity index (χ2v) is 6.85. The maximum absolute atomic E-state index is 12.2. The van der Waals surface area contributed by atoms with Crippen LogP contribution in [0.15, 0.2) is 9.59 Å². The lowest BCUT2D eigenvalue weighted by molar-refractivity contribution is 0.0150. The van der Waals surface area contributed by atoms with Crippen LogP contribution < -0.4 is 16.6 Å². The van der Waals surface area contributed by atoms with Crippen LogP contribution in [-0.4, -0.2) is 52.9 Å². The first-order chi connectivity index (χ1) is 11.9. The molecule has 0 radical (unpaired) electrons. The van der Waals surface area contributed by atoms with Crippen molar-refractivity contribution in [2.75, 3.05) is 38.2 Å². The third kappa shape index (κ3) is 4.30. The number of morpholine rings is 1. The van der Waals surface area contributed by atoms with Crippen LogP contribution in [-0.2, 0) is 18.8 Å². The minimum absolute atomic E-state index is 0.0325. The summed E-state index contributed by atoms with van der Waals surface area (Å²) in [4.78, 5) is 26.7. The molecule has 0 bridgehead atoms. The van der Waals surface area contributed by atoms with E-state index in [1.807, 2.05) is 6.07 Å². The number of hydrogen-bond acceptors (Lipinski definition) is 6. The molecule has 1 unspecified atom stereocenters. The van der Waals surface area contributed by atoms with Gasteiger partial charge in [-0.15, -0.1) is 0 Å². The van der Waals surface area contributed by atoms with Crippen LogP contribution in [0.2, 0.25) is 0 Å². The normalized spacial score (nSPS) is 16.6. The highest BCUT2D eigenvalue weighted by molar-refractivity contribution is 5.51. The molecule has 1 fully saturated rings. The van der Waals surface area contributed by atoms with Crippen LogP contribution in [0.3, 0.4) is 0 Å². The van der Waals surface area contributed by atoms with Gasteiger partial charge in [-0.3, -0.25) is 18.8 Å². The quantitative estimate of drug-likeness (QED) is 0.784. The number of nitrogens with zero attached hydrogens (tertiary/aromatic N) is 4. The molecule has 1 saturated heterocycles. The Morgan fingerprint density at radius 2 is 1.84 bits per heavy atom. The highest BCUT2D eigenvalue weighted by atomic mass is 16.5. The fraction of sp³-hybridized carbons (Fsp3) is 0.706. The first-order valence-electron chi connectivity index (χ1n) is 8.62. The van der Waals surface area contributed by atoms with Gasteiger partial charge in [0.1, 0.15) is 11.9 Å². The summed E-state index contributed by atoms with van der Waals surface area (Å²) in [6.45, 7) is 8.04. The summed E-state index contributed by atoms with van der Waals surface area (Å²) < 4.78 is 7.70. The molecule has 1 aliphatic heterocycles. The van der Waals surface area contributed by atoms with Gasteiger partial charge in [0.15, 0.2) is 5.56 Å². The van der Waals surface area contributed by atoms with Crippen molar-refractivity contribution in [2.45, 2.75) is 26.3 Å². The average molecular weight is 349 g/mol. The Balaban J connectivity index is 2.27. The lowest BCUT2D eigenvalue weighted by Crippen LogP contribution is -2.48. The van der Waals surface area contributed by atoms with Crippen LogP contribution in [0.5, 0.6) is 0 Å². The summed E-state index contributed by atoms with van der Waals surface area (Å²) in [5, 5.41) is 12.5. The van der Waals surface area contributed by atoms with E-state index >= 15 is 0 Å². The summed E-state index contributed by atoms with van der Waals surface area (Å²) in [7, 11) is 2.95. The molecule has 8 nitrogen and oxygen atoms in total. The van der Waals surface area contributed by atoms with E-state index in [4.69, 9.17) is 4.74 Å². The van der Waals surface area contributed by atoms with Crippen LogP contribution in [0.25, 0.3) is 0 Å². The summed E-state index contributed by atoms with van der Waals surface area (Å²) >= 11 is 0. The predicted octanol–water partition coefficient (Wildman–Crippen LogP) is 0.114. The van der Waals surface area contributed by atoms with Gasteiger partial charge in [0.05, 0.1) is 13.2 Å². The standard InChI is InChI=1S/C17H27N5O3/c1-12(2)9-13(22-5-7-25-8-6-22)11-19-15-14(10-18)16(23)21(4)17(24)20(15)3/h12-13,19H,5-9,11H2,1-4H3. The highest BCUT2D eigenvalue weighted by Crippen LogP contribution is 2.15. The zero-order chi connectivity index (χ0) is 18.6. The number of aromatic nitrogens is 2. The fourth-order valence-electron chi connectivity index (χ4n) is 3.21. The van der Waals surface area contributed by atoms with Crippen molar-refractivity contribution in [3.05, 3.63) is 26.4 Å². The van der Waals surface area contributed by atoms with Gasteiger partial charge >= 0.3 is 5.69 Å². The largest absolute Gasteiger partial charge is 0.379 e. The number of nitrogens with one attached hydrogen (secondary N) is 1. The van der Waals surface area contributed by atoms with Crippen molar-refractivity contribution in [3.63, 3.8) is 0 Å². The summed E-state index contributed by atoms with van der Waals surface area (Å²) in [6.07, 6.45) is 0.980.